The minimum absolute atomic E-state index is 0.348. The van der Waals surface area contributed by atoms with Gasteiger partial charge >= 0.3 is 6.18 Å². The number of nitrogens with one attached hydrogen (secondary N) is 1. The van der Waals surface area contributed by atoms with Crippen molar-refractivity contribution in [2.75, 3.05) is 12.4 Å². The Kier molecular flexibility index (Phi) is 4.88. The number of rotatable bonds is 3. The Morgan fingerprint density at radius 2 is 1.87 bits per heavy atom. The molecular weight excluding hydrogens is 407 g/mol. The minimum Gasteiger partial charge on any atom is -0.496 e. The molecule has 0 radical (unpaired) electrons. The number of aromatic nitrogens is 2. The van der Waals surface area contributed by atoms with E-state index >= 15 is 0 Å². The van der Waals surface area contributed by atoms with Gasteiger partial charge in [-0.15, -0.1) is 0 Å². The molecule has 164 valence electrons. The number of alkyl halides is 3. The Morgan fingerprint density at radius 3 is 2.55 bits per heavy atom. The molecule has 3 aromatic rings. The van der Waals surface area contributed by atoms with Gasteiger partial charge in [0.15, 0.2) is 5.60 Å². The summed E-state index contributed by atoms with van der Waals surface area (Å²) in [5.74, 6) is 1.06. The van der Waals surface area contributed by atoms with Crippen molar-refractivity contribution in [3.05, 3.63) is 59.5 Å². The van der Waals surface area contributed by atoms with Gasteiger partial charge in [-0.2, -0.15) is 13.2 Å². The van der Waals surface area contributed by atoms with Crippen molar-refractivity contribution in [3.63, 3.8) is 0 Å². The molecule has 5 nitrogen and oxygen atoms in total. The van der Waals surface area contributed by atoms with Gasteiger partial charge in [-0.3, -0.25) is 0 Å². The van der Waals surface area contributed by atoms with Gasteiger partial charge in [0.1, 0.15) is 11.6 Å². The molecule has 1 aliphatic rings. The normalized spacial score (nSPS) is 22.8. The van der Waals surface area contributed by atoms with E-state index in [1.165, 1.54) is 7.11 Å². The lowest BCUT2D eigenvalue weighted by Crippen LogP contribution is -2.58. The Labute approximate surface area is 178 Å². The lowest BCUT2D eigenvalue weighted by atomic mass is 9.63. The monoisotopic (exact) mass is 431 g/mol. The number of fused-ring (bicyclic) bond motifs is 2. The predicted molar refractivity (Wildman–Crippen MR) is 112 cm³/mol. The summed E-state index contributed by atoms with van der Waals surface area (Å²) in [6.07, 6.45) is -3.80. The maximum Gasteiger partial charge on any atom is 0.419 e. The van der Waals surface area contributed by atoms with Crippen LogP contribution in [0.1, 0.15) is 43.3 Å². The van der Waals surface area contributed by atoms with E-state index in [0.29, 0.717) is 39.3 Å². The highest BCUT2D eigenvalue weighted by atomic mass is 19.4. The summed E-state index contributed by atoms with van der Waals surface area (Å²) in [5.41, 5.74) is -1.95. The number of methoxy groups -OCH3 is 1. The first-order valence-electron chi connectivity index (χ1n) is 9.93. The molecule has 0 fully saturated rings. The van der Waals surface area contributed by atoms with Crippen LogP contribution in [0, 0.1) is 6.92 Å². The SMILES string of the molecule is COc1cccc2c1C(C)(C)C[C@@](O)(C(F)(F)F)[C@H]2Nc1cccc2nc(C)ncc12. The quantitative estimate of drug-likeness (QED) is 0.606. The van der Waals surface area contributed by atoms with E-state index in [4.69, 9.17) is 4.74 Å². The van der Waals surface area contributed by atoms with Crippen molar-refractivity contribution in [1.82, 2.24) is 9.97 Å². The number of hydrogen-bond donors (Lipinski definition) is 2. The second kappa shape index (κ2) is 7.09. The summed E-state index contributed by atoms with van der Waals surface area (Å²) in [4.78, 5) is 8.54. The number of benzene rings is 2. The number of ether oxygens (including phenoxy) is 1. The average molecular weight is 431 g/mol. The highest BCUT2D eigenvalue weighted by Crippen LogP contribution is 2.56. The molecule has 8 heteroatoms. The lowest BCUT2D eigenvalue weighted by molar-refractivity contribution is -0.275. The molecule has 1 aliphatic carbocycles. The van der Waals surface area contributed by atoms with Crippen LogP contribution >= 0.6 is 0 Å². The average Bonchev–Trinajstić information content (AvgIpc) is 2.69. The van der Waals surface area contributed by atoms with Crippen LogP contribution in [0.3, 0.4) is 0 Å². The molecule has 0 bridgehead atoms. The molecule has 0 unspecified atom stereocenters. The third kappa shape index (κ3) is 3.39. The number of nitrogens with zero attached hydrogens (tertiary/aromatic N) is 2. The first-order valence-corrected chi connectivity index (χ1v) is 9.93. The van der Waals surface area contributed by atoms with Crippen molar-refractivity contribution < 1.29 is 23.0 Å². The van der Waals surface area contributed by atoms with Crippen molar-refractivity contribution >= 4 is 16.6 Å². The highest BCUT2D eigenvalue weighted by molar-refractivity contribution is 5.91. The molecule has 2 atom stereocenters. The third-order valence-corrected chi connectivity index (χ3v) is 5.99. The van der Waals surface area contributed by atoms with E-state index in [-0.39, 0.29) is 0 Å². The number of hydrogen-bond acceptors (Lipinski definition) is 5. The topological polar surface area (TPSA) is 67.3 Å². The first kappa shape index (κ1) is 21.4. The Bertz CT molecular complexity index is 1150. The molecule has 0 spiro atoms. The first-order chi connectivity index (χ1) is 14.5. The van der Waals surface area contributed by atoms with Crippen LogP contribution in [0.2, 0.25) is 0 Å². The number of aryl methyl sites for hydroxylation is 1. The van der Waals surface area contributed by atoms with Crippen LogP contribution in [0.15, 0.2) is 42.6 Å². The second-order valence-corrected chi connectivity index (χ2v) is 8.64. The smallest absolute Gasteiger partial charge is 0.419 e. The molecular formula is C23H24F3N3O2. The number of halogens is 3. The fourth-order valence-corrected chi connectivity index (χ4v) is 4.69. The van der Waals surface area contributed by atoms with Gasteiger partial charge < -0.3 is 15.2 Å². The van der Waals surface area contributed by atoms with Gasteiger partial charge in [0, 0.05) is 22.8 Å². The fourth-order valence-electron chi connectivity index (χ4n) is 4.69. The van der Waals surface area contributed by atoms with Crippen molar-refractivity contribution in [3.8, 4) is 5.75 Å². The molecule has 1 aromatic heterocycles. The van der Waals surface area contributed by atoms with E-state index in [2.05, 4.69) is 15.3 Å². The van der Waals surface area contributed by atoms with Crippen molar-refractivity contribution in [1.29, 1.82) is 0 Å². The third-order valence-electron chi connectivity index (χ3n) is 5.99. The molecule has 0 amide bonds. The summed E-state index contributed by atoms with van der Waals surface area (Å²) in [6, 6.07) is 8.67. The maximum atomic E-state index is 14.3. The number of anilines is 1. The van der Waals surface area contributed by atoms with E-state index in [0.717, 1.165) is 0 Å². The van der Waals surface area contributed by atoms with Crippen LogP contribution < -0.4 is 10.1 Å². The maximum absolute atomic E-state index is 14.3. The zero-order valence-electron chi connectivity index (χ0n) is 17.7. The molecule has 0 aliphatic heterocycles. The molecule has 2 N–H and O–H groups in total. The standard InChI is InChI=1S/C23H24F3N3O2/c1-13-27-11-15-16(28-13)8-6-9-17(15)29-20-14-7-5-10-18(31-4)19(14)21(2,3)12-22(20,30)23(24,25)26/h5-11,20,29-30H,12H2,1-4H3/t20-,22-/m0/s1. The van der Waals surface area contributed by atoms with Crippen molar-refractivity contribution in [2.45, 2.75) is 50.4 Å². The summed E-state index contributed by atoms with van der Waals surface area (Å²) < 4.78 is 48.4. The zero-order valence-corrected chi connectivity index (χ0v) is 17.7. The zero-order chi connectivity index (χ0) is 22.6. The van der Waals surface area contributed by atoms with Crippen molar-refractivity contribution in [2.24, 2.45) is 0 Å². The van der Waals surface area contributed by atoms with Crippen LogP contribution in [-0.2, 0) is 5.41 Å². The number of aliphatic hydroxyl groups is 1. The summed E-state index contributed by atoms with van der Waals surface area (Å²) in [7, 11) is 1.49. The summed E-state index contributed by atoms with van der Waals surface area (Å²) in [5, 5.41) is 14.7. The summed E-state index contributed by atoms with van der Waals surface area (Å²) in [6.45, 7) is 5.12. The van der Waals surface area contributed by atoms with Crippen LogP contribution in [0.4, 0.5) is 18.9 Å². The molecule has 2 aromatic carbocycles. The Morgan fingerprint density at radius 1 is 1.16 bits per heavy atom. The Hall–Kier alpha value is -2.87. The largest absolute Gasteiger partial charge is 0.496 e. The highest BCUT2D eigenvalue weighted by Gasteiger charge is 2.64. The van der Waals surface area contributed by atoms with Gasteiger partial charge in [0.05, 0.1) is 18.7 Å². The molecule has 1 heterocycles. The molecule has 31 heavy (non-hydrogen) atoms. The Balaban J connectivity index is 1.94. The fraction of sp³-hybridized carbons (Fsp3) is 0.391. The van der Waals surface area contributed by atoms with Crippen LogP contribution in [0.5, 0.6) is 5.75 Å². The van der Waals surface area contributed by atoms with Gasteiger partial charge in [-0.05, 0) is 42.5 Å². The van der Waals surface area contributed by atoms with E-state index < -0.39 is 29.7 Å². The molecule has 4 rings (SSSR count). The van der Waals surface area contributed by atoms with Gasteiger partial charge in [0.25, 0.3) is 0 Å². The predicted octanol–water partition coefficient (Wildman–Crippen LogP) is 5.07. The van der Waals surface area contributed by atoms with Crippen LogP contribution in [0.25, 0.3) is 10.9 Å². The van der Waals surface area contributed by atoms with Gasteiger partial charge in [0.2, 0.25) is 0 Å². The summed E-state index contributed by atoms with van der Waals surface area (Å²) >= 11 is 0. The van der Waals surface area contributed by atoms with Crippen LogP contribution in [-0.4, -0.2) is 34.0 Å². The second-order valence-electron chi connectivity index (χ2n) is 8.64. The molecule has 0 saturated heterocycles. The van der Waals surface area contributed by atoms with E-state index in [1.54, 1.807) is 63.4 Å². The minimum atomic E-state index is -4.86. The van der Waals surface area contributed by atoms with E-state index in [9.17, 15) is 18.3 Å². The van der Waals surface area contributed by atoms with E-state index in [1.807, 2.05) is 0 Å². The van der Waals surface area contributed by atoms with Gasteiger partial charge in [-0.1, -0.05) is 32.0 Å². The lowest BCUT2D eigenvalue weighted by Gasteiger charge is -2.49. The molecule has 0 saturated carbocycles. The van der Waals surface area contributed by atoms with Gasteiger partial charge in [-0.25, -0.2) is 9.97 Å².